The van der Waals surface area contributed by atoms with Crippen molar-refractivity contribution in [3.8, 4) is 0 Å². The molecule has 1 heterocycles. The number of nitrogens with one attached hydrogen (secondary N) is 1. The Labute approximate surface area is 126 Å². The highest BCUT2D eigenvalue weighted by atomic mass is 16.6. The summed E-state index contributed by atoms with van der Waals surface area (Å²) in [6, 6.07) is 0. The summed E-state index contributed by atoms with van der Waals surface area (Å²) >= 11 is 0. The van der Waals surface area contributed by atoms with E-state index in [1.807, 2.05) is 6.92 Å². The molecule has 118 valence electrons. The first kappa shape index (κ1) is 17.4. The Morgan fingerprint density at radius 3 is 2.76 bits per heavy atom. The van der Waals surface area contributed by atoms with Crippen molar-refractivity contribution in [1.29, 1.82) is 5.41 Å². The largest absolute Gasteiger partial charge is 0.391 e. The molecule has 0 amide bonds. The number of oxime groups is 1. The Balaban J connectivity index is 2.34. The quantitative estimate of drug-likeness (QED) is 0.272. The van der Waals surface area contributed by atoms with Crippen LogP contribution in [0.1, 0.15) is 26.2 Å². The number of likely N-dealkylation sites (tertiary alicyclic amines) is 1. The summed E-state index contributed by atoms with van der Waals surface area (Å²) in [6.07, 6.45) is 9.30. The molecule has 0 saturated carbocycles. The van der Waals surface area contributed by atoms with Gasteiger partial charge in [0.1, 0.15) is 12.7 Å². The molecule has 1 atom stereocenters. The first-order valence-corrected chi connectivity index (χ1v) is 7.37. The molecule has 0 aromatic rings. The van der Waals surface area contributed by atoms with Crippen LogP contribution in [0.5, 0.6) is 0 Å². The zero-order valence-electron chi connectivity index (χ0n) is 12.7. The van der Waals surface area contributed by atoms with E-state index in [9.17, 15) is 5.11 Å². The summed E-state index contributed by atoms with van der Waals surface area (Å²) in [5.74, 6) is 0.237. The van der Waals surface area contributed by atoms with E-state index in [-0.39, 0.29) is 12.4 Å². The van der Waals surface area contributed by atoms with Gasteiger partial charge in [0.15, 0.2) is 5.84 Å². The Morgan fingerprint density at radius 1 is 1.43 bits per heavy atom. The van der Waals surface area contributed by atoms with Crippen LogP contribution in [0.2, 0.25) is 0 Å². The fraction of sp³-hybridized carbons (Fsp3) is 0.600. The molecule has 6 nitrogen and oxygen atoms in total. The minimum absolute atomic E-state index is 0.127. The smallest absolute Gasteiger partial charge is 0.169 e. The maximum atomic E-state index is 9.92. The van der Waals surface area contributed by atoms with E-state index in [0.717, 1.165) is 13.1 Å². The number of nitrogens with two attached hydrogens (primary N) is 1. The molecule has 1 saturated heterocycles. The van der Waals surface area contributed by atoms with E-state index in [1.165, 1.54) is 25.5 Å². The van der Waals surface area contributed by atoms with Gasteiger partial charge in [-0.2, -0.15) is 0 Å². The predicted octanol–water partition coefficient (Wildman–Crippen LogP) is 1.27. The standard InChI is InChI=1S/C15H26N4O2/c1-2-13(7-6-8-16)15(17)18-21-12-14(20)11-19-9-4-3-5-10-19/h2,6-8,14,16,20H,3-5,9-12H2,1H3,(H2,17,18)/b7-6-,13-2+,16-8?. The van der Waals surface area contributed by atoms with Gasteiger partial charge in [-0.15, -0.1) is 0 Å². The van der Waals surface area contributed by atoms with Crippen molar-refractivity contribution in [3.05, 3.63) is 23.8 Å². The lowest BCUT2D eigenvalue weighted by molar-refractivity contribution is 0.0157. The fourth-order valence-corrected chi connectivity index (χ4v) is 2.22. The normalized spacial score (nSPS) is 19.7. The van der Waals surface area contributed by atoms with Gasteiger partial charge in [-0.3, -0.25) is 0 Å². The molecule has 0 aliphatic carbocycles. The Hall–Kier alpha value is -1.66. The van der Waals surface area contributed by atoms with Crippen LogP contribution in [0.4, 0.5) is 0 Å². The van der Waals surface area contributed by atoms with Gasteiger partial charge in [0.2, 0.25) is 0 Å². The number of hydrogen-bond donors (Lipinski definition) is 3. The first-order chi connectivity index (χ1) is 10.2. The van der Waals surface area contributed by atoms with Crippen LogP contribution in [0.25, 0.3) is 0 Å². The number of nitrogens with zero attached hydrogens (tertiary/aromatic N) is 2. The van der Waals surface area contributed by atoms with E-state index < -0.39 is 6.10 Å². The molecular formula is C15H26N4O2. The van der Waals surface area contributed by atoms with Crippen molar-refractivity contribution in [3.63, 3.8) is 0 Å². The van der Waals surface area contributed by atoms with Crippen LogP contribution in [0.3, 0.4) is 0 Å². The second-order valence-corrected chi connectivity index (χ2v) is 5.06. The van der Waals surface area contributed by atoms with Crippen LogP contribution in [0, 0.1) is 5.41 Å². The maximum Gasteiger partial charge on any atom is 0.169 e. The van der Waals surface area contributed by atoms with Gasteiger partial charge < -0.3 is 26.0 Å². The number of rotatable bonds is 8. The zero-order valence-corrected chi connectivity index (χ0v) is 12.7. The third kappa shape index (κ3) is 7.06. The molecule has 1 aliphatic heterocycles. The number of aliphatic hydroxyl groups is 1. The Bertz CT molecular complexity index is 398. The van der Waals surface area contributed by atoms with E-state index in [2.05, 4.69) is 10.1 Å². The topological polar surface area (TPSA) is 94.9 Å². The van der Waals surface area contributed by atoms with Crippen LogP contribution < -0.4 is 5.73 Å². The molecule has 4 N–H and O–H groups in total. The number of allylic oxidation sites excluding steroid dienone is 2. The highest BCUT2D eigenvalue weighted by molar-refractivity contribution is 5.99. The lowest BCUT2D eigenvalue weighted by atomic mass is 10.1. The van der Waals surface area contributed by atoms with E-state index in [1.54, 1.807) is 18.2 Å². The highest BCUT2D eigenvalue weighted by Crippen LogP contribution is 2.09. The van der Waals surface area contributed by atoms with Gasteiger partial charge in [-0.05, 0) is 45.0 Å². The molecule has 0 spiro atoms. The summed E-state index contributed by atoms with van der Waals surface area (Å²) in [4.78, 5) is 7.36. The van der Waals surface area contributed by atoms with Crippen LogP contribution in [-0.4, -0.2) is 54.4 Å². The molecule has 1 aliphatic rings. The molecular weight excluding hydrogens is 268 g/mol. The third-order valence-electron chi connectivity index (χ3n) is 3.33. The minimum atomic E-state index is -0.564. The van der Waals surface area contributed by atoms with Crippen LogP contribution >= 0.6 is 0 Å². The van der Waals surface area contributed by atoms with Crippen LogP contribution in [0.15, 0.2) is 29.0 Å². The molecule has 0 aromatic heterocycles. The van der Waals surface area contributed by atoms with Gasteiger partial charge >= 0.3 is 0 Å². The Kier molecular flexibility index (Phi) is 8.38. The SMILES string of the molecule is C/C=C(\C=C/C=N)C(/N)=N/OCC(O)CN1CCCCC1. The zero-order chi connectivity index (χ0) is 15.5. The van der Waals surface area contributed by atoms with E-state index >= 15 is 0 Å². The molecule has 1 fully saturated rings. The fourth-order valence-electron chi connectivity index (χ4n) is 2.22. The average Bonchev–Trinajstić information content (AvgIpc) is 2.49. The molecule has 0 radical (unpaired) electrons. The van der Waals surface area contributed by atoms with Crippen molar-refractivity contribution < 1.29 is 9.94 Å². The lowest BCUT2D eigenvalue weighted by Gasteiger charge is -2.27. The summed E-state index contributed by atoms with van der Waals surface area (Å²) < 4.78 is 0. The molecule has 0 bridgehead atoms. The maximum absolute atomic E-state index is 9.92. The predicted molar refractivity (Wildman–Crippen MR) is 85.6 cm³/mol. The number of amidine groups is 1. The molecule has 21 heavy (non-hydrogen) atoms. The second kappa shape index (κ2) is 10.1. The summed E-state index contributed by atoms with van der Waals surface area (Å²) in [6.45, 7) is 4.65. The molecule has 0 aromatic carbocycles. The summed E-state index contributed by atoms with van der Waals surface area (Å²) in [5, 5.41) is 20.7. The van der Waals surface area contributed by atoms with Gasteiger partial charge in [-0.1, -0.05) is 17.7 Å². The number of aliphatic hydroxyl groups excluding tert-OH is 1. The van der Waals surface area contributed by atoms with Crippen LogP contribution in [-0.2, 0) is 4.84 Å². The monoisotopic (exact) mass is 294 g/mol. The minimum Gasteiger partial charge on any atom is -0.391 e. The summed E-state index contributed by atoms with van der Waals surface area (Å²) in [5.41, 5.74) is 6.46. The van der Waals surface area contributed by atoms with Crippen molar-refractivity contribution in [2.24, 2.45) is 10.9 Å². The molecule has 1 rings (SSSR count). The van der Waals surface area contributed by atoms with Gasteiger partial charge in [0.25, 0.3) is 0 Å². The first-order valence-electron chi connectivity index (χ1n) is 7.37. The molecule has 6 heteroatoms. The number of hydrogen-bond acceptors (Lipinski definition) is 5. The van der Waals surface area contributed by atoms with Crippen molar-refractivity contribution in [1.82, 2.24) is 4.90 Å². The third-order valence-corrected chi connectivity index (χ3v) is 3.33. The number of β-amino-alcohol motifs (C(OH)–C–C–N with tert-alkyl or cyclic N) is 1. The highest BCUT2D eigenvalue weighted by Gasteiger charge is 2.14. The van der Waals surface area contributed by atoms with Gasteiger partial charge in [-0.25, -0.2) is 0 Å². The summed E-state index contributed by atoms with van der Waals surface area (Å²) in [7, 11) is 0. The van der Waals surface area contributed by atoms with Crippen molar-refractivity contribution in [2.75, 3.05) is 26.2 Å². The van der Waals surface area contributed by atoms with E-state index in [4.69, 9.17) is 16.0 Å². The van der Waals surface area contributed by atoms with Crippen molar-refractivity contribution in [2.45, 2.75) is 32.3 Å². The number of piperidine rings is 1. The van der Waals surface area contributed by atoms with Gasteiger partial charge in [0.05, 0.1) is 0 Å². The van der Waals surface area contributed by atoms with Gasteiger partial charge in [0, 0.05) is 18.3 Å². The van der Waals surface area contributed by atoms with Crippen molar-refractivity contribution >= 4 is 12.1 Å². The molecule has 1 unspecified atom stereocenters. The average molecular weight is 294 g/mol. The Morgan fingerprint density at radius 2 is 2.14 bits per heavy atom. The lowest BCUT2D eigenvalue weighted by Crippen LogP contribution is -2.38. The second-order valence-electron chi connectivity index (χ2n) is 5.06. The van der Waals surface area contributed by atoms with E-state index in [0.29, 0.717) is 12.1 Å².